The molecule has 33 heavy (non-hydrogen) atoms. The quantitative estimate of drug-likeness (QED) is 0.491. The van der Waals surface area contributed by atoms with E-state index in [2.05, 4.69) is 5.32 Å². The normalized spacial score (nSPS) is 18.2. The zero-order chi connectivity index (χ0) is 23.6. The van der Waals surface area contributed by atoms with Crippen molar-refractivity contribution in [3.05, 3.63) is 101 Å². The Morgan fingerprint density at radius 3 is 2.15 bits per heavy atom. The minimum absolute atomic E-state index is 0.247. The standard InChI is InChI=1S/C24H18F4N2O2S/c25-18-10-12-19(13-11-18)29-21(31)20-14-33-23(16-6-8-17(9-7-16)24(26,27)28)30(20)22(32)15-4-2-1-3-5-15/h1-13,20,23H,14H2,(H,29,31). The van der Waals surface area contributed by atoms with Crippen LogP contribution in [-0.2, 0) is 11.0 Å². The van der Waals surface area contributed by atoms with Gasteiger partial charge in [-0.3, -0.25) is 9.59 Å². The van der Waals surface area contributed by atoms with Crippen LogP contribution in [0.15, 0.2) is 78.9 Å². The molecule has 0 saturated carbocycles. The average molecular weight is 474 g/mol. The van der Waals surface area contributed by atoms with E-state index < -0.39 is 40.8 Å². The lowest BCUT2D eigenvalue weighted by Crippen LogP contribution is -2.45. The van der Waals surface area contributed by atoms with Gasteiger partial charge in [-0.2, -0.15) is 13.2 Å². The van der Waals surface area contributed by atoms with Crippen molar-refractivity contribution in [2.45, 2.75) is 17.6 Å². The molecule has 4 rings (SSSR count). The maximum Gasteiger partial charge on any atom is 0.416 e. The Morgan fingerprint density at radius 1 is 0.909 bits per heavy atom. The first-order chi connectivity index (χ1) is 15.7. The molecule has 0 bridgehead atoms. The molecule has 1 aliphatic heterocycles. The lowest BCUT2D eigenvalue weighted by molar-refractivity contribution is -0.137. The van der Waals surface area contributed by atoms with Crippen LogP contribution in [0.1, 0.15) is 26.9 Å². The van der Waals surface area contributed by atoms with E-state index in [0.717, 1.165) is 12.1 Å². The molecule has 2 atom stereocenters. The third kappa shape index (κ3) is 5.03. The highest BCUT2D eigenvalue weighted by molar-refractivity contribution is 7.99. The lowest BCUT2D eigenvalue weighted by atomic mass is 10.1. The van der Waals surface area contributed by atoms with Crippen LogP contribution in [0.5, 0.6) is 0 Å². The van der Waals surface area contributed by atoms with Crippen molar-refractivity contribution in [3.8, 4) is 0 Å². The SMILES string of the molecule is O=C(Nc1ccc(F)cc1)C1CSC(c2ccc(C(F)(F)F)cc2)N1C(=O)c1ccccc1. The second-order valence-electron chi connectivity index (χ2n) is 7.40. The van der Waals surface area contributed by atoms with E-state index in [9.17, 15) is 27.2 Å². The Balaban J connectivity index is 1.64. The molecule has 2 unspecified atom stereocenters. The molecule has 1 saturated heterocycles. The molecule has 0 aromatic heterocycles. The van der Waals surface area contributed by atoms with E-state index >= 15 is 0 Å². The number of carbonyl (C=O) groups excluding carboxylic acids is 2. The predicted octanol–water partition coefficient (Wildman–Crippen LogP) is 5.74. The van der Waals surface area contributed by atoms with Crippen molar-refractivity contribution in [1.82, 2.24) is 4.90 Å². The summed E-state index contributed by atoms with van der Waals surface area (Å²) in [5.41, 5.74) is 0.420. The summed E-state index contributed by atoms with van der Waals surface area (Å²) in [6.07, 6.45) is -4.47. The highest BCUT2D eigenvalue weighted by atomic mass is 32.2. The summed E-state index contributed by atoms with van der Waals surface area (Å²) in [6, 6.07) is 17.3. The number of benzene rings is 3. The Kier molecular flexibility index (Phi) is 6.42. The van der Waals surface area contributed by atoms with Gasteiger partial charge in [0.15, 0.2) is 0 Å². The molecule has 0 radical (unpaired) electrons. The summed E-state index contributed by atoms with van der Waals surface area (Å²) in [7, 11) is 0. The highest BCUT2D eigenvalue weighted by Gasteiger charge is 2.43. The number of hydrogen-bond donors (Lipinski definition) is 1. The topological polar surface area (TPSA) is 49.4 Å². The molecule has 170 valence electrons. The maximum atomic E-state index is 13.4. The fraction of sp³-hybridized carbons (Fsp3) is 0.167. The molecule has 0 aliphatic carbocycles. The van der Waals surface area contributed by atoms with Crippen molar-refractivity contribution >= 4 is 29.3 Å². The van der Waals surface area contributed by atoms with Crippen LogP contribution in [0.3, 0.4) is 0 Å². The van der Waals surface area contributed by atoms with Crippen molar-refractivity contribution in [2.75, 3.05) is 11.1 Å². The van der Waals surface area contributed by atoms with Crippen LogP contribution in [0, 0.1) is 5.82 Å². The molecule has 3 aromatic rings. The number of rotatable bonds is 4. The third-order valence-corrected chi connectivity index (χ3v) is 6.52. The largest absolute Gasteiger partial charge is 0.416 e. The van der Waals surface area contributed by atoms with Gasteiger partial charge >= 0.3 is 6.18 Å². The van der Waals surface area contributed by atoms with Gasteiger partial charge in [-0.05, 0) is 54.1 Å². The van der Waals surface area contributed by atoms with Crippen LogP contribution in [-0.4, -0.2) is 28.5 Å². The van der Waals surface area contributed by atoms with Gasteiger partial charge in [-0.1, -0.05) is 30.3 Å². The van der Waals surface area contributed by atoms with Gasteiger partial charge in [-0.15, -0.1) is 11.8 Å². The number of anilines is 1. The molecule has 1 N–H and O–H groups in total. The number of thioether (sulfide) groups is 1. The zero-order valence-corrected chi connectivity index (χ0v) is 17.9. The number of nitrogens with zero attached hydrogens (tertiary/aromatic N) is 1. The summed E-state index contributed by atoms with van der Waals surface area (Å²) in [4.78, 5) is 27.8. The highest BCUT2D eigenvalue weighted by Crippen LogP contribution is 2.43. The van der Waals surface area contributed by atoms with E-state index in [1.807, 2.05) is 0 Å². The number of carbonyl (C=O) groups is 2. The van der Waals surface area contributed by atoms with Gasteiger partial charge in [0.05, 0.1) is 5.56 Å². The van der Waals surface area contributed by atoms with Crippen molar-refractivity contribution < 1.29 is 27.2 Å². The molecule has 3 aromatic carbocycles. The smallest absolute Gasteiger partial charge is 0.324 e. The molecule has 0 spiro atoms. The minimum atomic E-state index is -4.47. The molecular weight excluding hydrogens is 456 g/mol. The zero-order valence-electron chi connectivity index (χ0n) is 17.1. The molecular formula is C24H18F4N2O2S. The number of halogens is 4. The van der Waals surface area contributed by atoms with E-state index in [1.54, 1.807) is 30.3 Å². The van der Waals surface area contributed by atoms with Crippen LogP contribution in [0.25, 0.3) is 0 Å². The molecule has 9 heteroatoms. The first-order valence-corrected chi connectivity index (χ1v) is 11.0. The van der Waals surface area contributed by atoms with Gasteiger partial charge in [0.25, 0.3) is 5.91 Å². The summed E-state index contributed by atoms with van der Waals surface area (Å²) in [6.45, 7) is 0. The minimum Gasteiger partial charge on any atom is -0.324 e. The van der Waals surface area contributed by atoms with Gasteiger partial charge in [0.2, 0.25) is 5.91 Å². The summed E-state index contributed by atoms with van der Waals surface area (Å²) in [5, 5.41) is 2.04. The summed E-state index contributed by atoms with van der Waals surface area (Å²) >= 11 is 1.29. The van der Waals surface area contributed by atoms with E-state index in [4.69, 9.17) is 0 Å². The number of amides is 2. The van der Waals surface area contributed by atoms with E-state index in [0.29, 0.717) is 16.8 Å². The summed E-state index contributed by atoms with van der Waals surface area (Å²) < 4.78 is 52.1. The number of hydrogen-bond acceptors (Lipinski definition) is 3. The first kappa shape index (κ1) is 22.8. The Morgan fingerprint density at radius 2 is 1.55 bits per heavy atom. The van der Waals surface area contributed by atoms with E-state index in [1.165, 1.54) is 53.1 Å². The Hall–Kier alpha value is -3.33. The Bertz CT molecular complexity index is 1140. The van der Waals surface area contributed by atoms with Gasteiger partial charge in [0.1, 0.15) is 17.2 Å². The second-order valence-corrected chi connectivity index (χ2v) is 8.51. The van der Waals surface area contributed by atoms with Crippen LogP contribution in [0.4, 0.5) is 23.2 Å². The van der Waals surface area contributed by atoms with Crippen LogP contribution >= 0.6 is 11.8 Å². The monoisotopic (exact) mass is 474 g/mol. The molecule has 1 heterocycles. The number of alkyl halides is 3. The fourth-order valence-electron chi connectivity index (χ4n) is 3.54. The van der Waals surface area contributed by atoms with Crippen LogP contribution < -0.4 is 5.32 Å². The van der Waals surface area contributed by atoms with Gasteiger partial charge in [-0.25, -0.2) is 4.39 Å². The number of nitrogens with one attached hydrogen (secondary N) is 1. The molecule has 4 nitrogen and oxygen atoms in total. The molecule has 1 fully saturated rings. The Labute approximate surface area is 191 Å². The average Bonchev–Trinajstić information content (AvgIpc) is 3.25. The first-order valence-electron chi connectivity index (χ1n) is 9.97. The lowest BCUT2D eigenvalue weighted by Gasteiger charge is -2.29. The van der Waals surface area contributed by atoms with Crippen LogP contribution in [0.2, 0.25) is 0 Å². The van der Waals surface area contributed by atoms with Crippen molar-refractivity contribution in [1.29, 1.82) is 0 Å². The second kappa shape index (κ2) is 9.27. The molecule has 1 aliphatic rings. The third-order valence-electron chi connectivity index (χ3n) is 5.19. The van der Waals surface area contributed by atoms with Gasteiger partial charge in [0, 0.05) is 17.0 Å². The van der Waals surface area contributed by atoms with Gasteiger partial charge < -0.3 is 10.2 Å². The van der Waals surface area contributed by atoms with Crippen molar-refractivity contribution in [2.24, 2.45) is 0 Å². The fourth-order valence-corrected chi connectivity index (χ4v) is 4.97. The summed E-state index contributed by atoms with van der Waals surface area (Å²) in [5.74, 6) is -1.08. The molecule has 2 amide bonds. The maximum absolute atomic E-state index is 13.4. The van der Waals surface area contributed by atoms with Crippen molar-refractivity contribution in [3.63, 3.8) is 0 Å². The predicted molar refractivity (Wildman–Crippen MR) is 118 cm³/mol. The van der Waals surface area contributed by atoms with E-state index in [-0.39, 0.29) is 5.75 Å².